The molecule has 0 saturated carbocycles. The Hall–Kier alpha value is -1.92. The number of hydrogen-bond acceptors (Lipinski definition) is 4. The van der Waals surface area contributed by atoms with E-state index in [1.807, 2.05) is 41.3 Å². The summed E-state index contributed by atoms with van der Waals surface area (Å²) >= 11 is 3.42. The molecule has 1 fully saturated rings. The van der Waals surface area contributed by atoms with Gasteiger partial charge in [0.1, 0.15) is 12.4 Å². The lowest BCUT2D eigenvalue weighted by Gasteiger charge is -2.36. The Kier molecular flexibility index (Phi) is 5.25. The molecule has 0 aliphatic carbocycles. The van der Waals surface area contributed by atoms with Gasteiger partial charge in [0, 0.05) is 35.9 Å². The first-order valence-corrected chi connectivity index (χ1v) is 8.33. The van der Waals surface area contributed by atoms with Crippen molar-refractivity contribution in [2.45, 2.75) is 6.04 Å². The van der Waals surface area contributed by atoms with Gasteiger partial charge in [-0.2, -0.15) is 0 Å². The Bertz CT molecular complexity index is 666. The number of pyridine rings is 1. The Morgan fingerprint density at radius 2 is 2.30 bits per heavy atom. The summed E-state index contributed by atoms with van der Waals surface area (Å²) in [6.07, 6.45) is 3.38. The van der Waals surface area contributed by atoms with Crippen LogP contribution in [0, 0.1) is 0 Å². The lowest BCUT2D eigenvalue weighted by Crippen LogP contribution is -2.55. The number of nitrogens with one attached hydrogen (secondary N) is 1. The van der Waals surface area contributed by atoms with Gasteiger partial charge >= 0.3 is 0 Å². The van der Waals surface area contributed by atoms with Crippen molar-refractivity contribution >= 4 is 21.8 Å². The SMILES string of the molecule is O=C(c1cccc(Br)c1)N1CCNCC1COc1cccnc1. The van der Waals surface area contributed by atoms with E-state index in [1.165, 1.54) is 0 Å². The number of hydrogen-bond donors (Lipinski definition) is 1. The van der Waals surface area contributed by atoms with Crippen LogP contribution < -0.4 is 10.1 Å². The third-order valence-corrected chi connectivity index (χ3v) is 4.25. The molecule has 120 valence electrons. The molecule has 1 aromatic carbocycles. The number of piperazine rings is 1. The van der Waals surface area contributed by atoms with Crippen LogP contribution in [0.5, 0.6) is 5.75 Å². The second-order valence-electron chi connectivity index (χ2n) is 5.37. The van der Waals surface area contributed by atoms with E-state index in [9.17, 15) is 4.79 Å². The van der Waals surface area contributed by atoms with Gasteiger partial charge in [0.2, 0.25) is 0 Å². The van der Waals surface area contributed by atoms with E-state index in [0.717, 1.165) is 17.6 Å². The molecular weight excluding hydrogens is 358 g/mol. The molecule has 1 amide bonds. The second kappa shape index (κ2) is 7.57. The number of carbonyl (C=O) groups is 1. The van der Waals surface area contributed by atoms with Crippen molar-refractivity contribution in [3.05, 3.63) is 58.8 Å². The van der Waals surface area contributed by atoms with Crippen molar-refractivity contribution in [2.75, 3.05) is 26.2 Å². The fourth-order valence-electron chi connectivity index (χ4n) is 2.59. The van der Waals surface area contributed by atoms with Crippen molar-refractivity contribution in [1.29, 1.82) is 0 Å². The summed E-state index contributed by atoms with van der Waals surface area (Å²) in [6.45, 7) is 2.63. The van der Waals surface area contributed by atoms with Crippen molar-refractivity contribution in [2.24, 2.45) is 0 Å². The molecule has 1 aliphatic rings. The average Bonchev–Trinajstić information content (AvgIpc) is 2.60. The first-order valence-electron chi connectivity index (χ1n) is 7.54. The van der Waals surface area contributed by atoms with Crippen molar-refractivity contribution in [3.8, 4) is 5.75 Å². The molecule has 2 aromatic rings. The molecule has 23 heavy (non-hydrogen) atoms. The average molecular weight is 376 g/mol. The summed E-state index contributed by atoms with van der Waals surface area (Å²) < 4.78 is 6.68. The Labute approximate surface area is 143 Å². The number of nitrogens with zero attached hydrogens (tertiary/aromatic N) is 2. The van der Waals surface area contributed by atoms with Crippen LogP contribution >= 0.6 is 15.9 Å². The van der Waals surface area contributed by atoms with Crippen LogP contribution in [0.1, 0.15) is 10.4 Å². The lowest BCUT2D eigenvalue weighted by atomic mass is 10.1. The number of ether oxygens (including phenoxy) is 1. The van der Waals surface area contributed by atoms with Gasteiger partial charge in [-0.25, -0.2) is 0 Å². The molecule has 3 rings (SSSR count). The number of carbonyl (C=O) groups excluding carboxylic acids is 1. The highest BCUT2D eigenvalue weighted by Crippen LogP contribution is 2.16. The zero-order valence-electron chi connectivity index (χ0n) is 12.6. The molecule has 1 aliphatic heterocycles. The maximum Gasteiger partial charge on any atom is 0.254 e. The van der Waals surface area contributed by atoms with Crippen LogP contribution in [0.15, 0.2) is 53.3 Å². The van der Waals surface area contributed by atoms with Gasteiger partial charge in [-0.1, -0.05) is 22.0 Å². The number of amides is 1. The van der Waals surface area contributed by atoms with E-state index >= 15 is 0 Å². The first kappa shape index (κ1) is 16.0. The van der Waals surface area contributed by atoms with E-state index in [1.54, 1.807) is 12.4 Å². The number of rotatable bonds is 4. The van der Waals surface area contributed by atoms with Crippen molar-refractivity contribution in [1.82, 2.24) is 15.2 Å². The van der Waals surface area contributed by atoms with Gasteiger partial charge in [0.05, 0.1) is 12.2 Å². The summed E-state index contributed by atoms with van der Waals surface area (Å²) in [5, 5.41) is 3.32. The van der Waals surface area contributed by atoms with E-state index in [4.69, 9.17) is 4.74 Å². The molecular formula is C17H18BrN3O2. The molecule has 0 radical (unpaired) electrons. The molecule has 1 aromatic heterocycles. The minimum Gasteiger partial charge on any atom is -0.490 e. The Morgan fingerprint density at radius 1 is 1.39 bits per heavy atom. The third kappa shape index (κ3) is 4.09. The van der Waals surface area contributed by atoms with Crippen LogP contribution in [-0.4, -0.2) is 48.1 Å². The largest absolute Gasteiger partial charge is 0.490 e. The van der Waals surface area contributed by atoms with Crippen LogP contribution in [0.25, 0.3) is 0 Å². The molecule has 5 nitrogen and oxygen atoms in total. The predicted molar refractivity (Wildman–Crippen MR) is 91.6 cm³/mol. The lowest BCUT2D eigenvalue weighted by molar-refractivity contribution is 0.0559. The molecule has 0 spiro atoms. The zero-order chi connectivity index (χ0) is 16.1. The Morgan fingerprint density at radius 3 is 3.09 bits per heavy atom. The number of benzene rings is 1. The molecule has 2 heterocycles. The highest BCUT2D eigenvalue weighted by atomic mass is 79.9. The molecule has 1 unspecified atom stereocenters. The van der Waals surface area contributed by atoms with E-state index in [2.05, 4.69) is 26.2 Å². The summed E-state index contributed by atoms with van der Waals surface area (Å²) in [5.74, 6) is 0.750. The van der Waals surface area contributed by atoms with Gasteiger partial charge in [0.15, 0.2) is 0 Å². The van der Waals surface area contributed by atoms with Crippen LogP contribution in [0.4, 0.5) is 0 Å². The maximum atomic E-state index is 12.8. The molecule has 6 heteroatoms. The van der Waals surface area contributed by atoms with Crippen molar-refractivity contribution < 1.29 is 9.53 Å². The third-order valence-electron chi connectivity index (χ3n) is 3.76. The van der Waals surface area contributed by atoms with E-state index in [0.29, 0.717) is 24.5 Å². The summed E-state index contributed by atoms with van der Waals surface area (Å²) in [6, 6.07) is 11.2. The molecule has 0 bridgehead atoms. The Balaban J connectivity index is 1.69. The smallest absolute Gasteiger partial charge is 0.254 e. The monoisotopic (exact) mass is 375 g/mol. The van der Waals surface area contributed by atoms with E-state index in [-0.39, 0.29) is 11.9 Å². The van der Waals surface area contributed by atoms with Gasteiger partial charge in [-0.15, -0.1) is 0 Å². The number of aromatic nitrogens is 1. The summed E-state index contributed by atoms with van der Waals surface area (Å²) in [5.41, 5.74) is 0.688. The van der Waals surface area contributed by atoms with Crippen LogP contribution in [0.2, 0.25) is 0 Å². The fourth-order valence-corrected chi connectivity index (χ4v) is 2.99. The van der Waals surface area contributed by atoms with Crippen LogP contribution in [0.3, 0.4) is 0 Å². The fraction of sp³-hybridized carbons (Fsp3) is 0.294. The second-order valence-corrected chi connectivity index (χ2v) is 6.28. The zero-order valence-corrected chi connectivity index (χ0v) is 14.2. The van der Waals surface area contributed by atoms with E-state index < -0.39 is 0 Å². The highest BCUT2D eigenvalue weighted by molar-refractivity contribution is 9.10. The summed E-state index contributed by atoms with van der Waals surface area (Å²) in [7, 11) is 0. The molecule has 1 saturated heterocycles. The van der Waals surface area contributed by atoms with Gasteiger partial charge in [0.25, 0.3) is 5.91 Å². The van der Waals surface area contributed by atoms with Gasteiger partial charge < -0.3 is 15.0 Å². The topological polar surface area (TPSA) is 54.5 Å². The minimum absolute atomic E-state index is 0.00422. The molecule has 1 atom stereocenters. The maximum absolute atomic E-state index is 12.8. The minimum atomic E-state index is -0.00422. The van der Waals surface area contributed by atoms with Gasteiger partial charge in [-0.3, -0.25) is 9.78 Å². The van der Waals surface area contributed by atoms with Crippen molar-refractivity contribution in [3.63, 3.8) is 0 Å². The highest BCUT2D eigenvalue weighted by Gasteiger charge is 2.28. The first-order chi connectivity index (χ1) is 11.2. The quantitative estimate of drug-likeness (QED) is 0.890. The van der Waals surface area contributed by atoms with Gasteiger partial charge in [-0.05, 0) is 30.3 Å². The summed E-state index contributed by atoms with van der Waals surface area (Å²) in [4.78, 5) is 18.7. The molecule has 1 N–H and O–H groups in total. The normalized spacial score (nSPS) is 17.8. The predicted octanol–water partition coefficient (Wildman–Crippen LogP) is 2.34. The number of halogens is 1. The van der Waals surface area contributed by atoms with Crippen LogP contribution in [-0.2, 0) is 0 Å². The standard InChI is InChI=1S/C17H18BrN3O2/c18-14-4-1-3-13(9-14)17(22)21-8-7-20-10-15(21)12-23-16-5-2-6-19-11-16/h1-6,9,11,15,20H,7-8,10,12H2.